The Balaban J connectivity index is 2.67. The molecule has 1 atom stereocenters. The van der Waals surface area contributed by atoms with Crippen molar-refractivity contribution in [3.8, 4) is 0 Å². The molecule has 0 saturated carbocycles. The number of rotatable bonds is 1. The van der Waals surface area contributed by atoms with Crippen LogP contribution in [0.25, 0.3) is 0 Å². The van der Waals surface area contributed by atoms with Gasteiger partial charge in [-0.25, -0.2) is 8.78 Å². The summed E-state index contributed by atoms with van der Waals surface area (Å²) in [5.41, 5.74) is 0. The molecule has 1 heterocycles. The van der Waals surface area contributed by atoms with Crippen molar-refractivity contribution in [3.05, 3.63) is 0 Å². The SMILES string of the molecule is CN1CC(C=O)C(F)(F)C1. The van der Waals surface area contributed by atoms with E-state index in [1.807, 2.05) is 0 Å². The lowest BCUT2D eigenvalue weighted by atomic mass is 10.1. The fraction of sp³-hybridized carbons (Fsp3) is 0.833. The van der Waals surface area contributed by atoms with Gasteiger partial charge in [0.15, 0.2) is 0 Å². The number of carbonyl (C=O) groups excluding carboxylic acids is 1. The van der Waals surface area contributed by atoms with E-state index in [1.165, 1.54) is 4.90 Å². The van der Waals surface area contributed by atoms with Crippen molar-refractivity contribution in [3.63, 3.8) is 0 Å². The van der Waals surface area contributed by atoms with Crippen LogP contribution in [0.1, 0.15) is 0 Å². The minimum Gasteiger partial charge on any atom is -0.303 e. The summed E-state index contributed by atoms with van der Waals surface area (Å²) >= 11 is 0. The van der Waals surface area contributed by atoms with Gasteiger partial charge in [0.2, 0.25) is 0 Å². The van der Waals surface area contributed by atoms with Crippen molar-refractivity contribution in [2.24, 2.45) is 5.92 Å². The molecule has 0 aliphatic carbocycles. The molecule has 2 nitrogen and oxygen atoms in total. The third-order valence-corrected chi connectivity index (χ3v) is 1.70. The molecule has 4 heteroatoms. The molecule has 1 saturated heterocycles. The van der Waals surface area contributed by atoms with E-state index < -0.39 is 11.8 Å². The number of likely N-dealkylation sites (tertiary alicyclic amines) is 1. The molecule has 0 spiro atoms. The molecular formula is C6H9F2NO. The van der Waals surface area contributed by atoms with Crippen LogP contribution >= 0.6 is 0 Å². The van der Waals surface area contributed by atoms with E-state index in [4.69, 9.17) is 0 Å². The molecule has 1 rings (SSSR count). The van der Waals surface area contributed by atoms with Crippen LogP contribution in [0.2, 0.25) is 0 Å². The highest BCUT2D eigenvalue weighted by Crippen LogP contribution is 2.30. The van der Waals surface area contributed by atoms with Crippen LogP contribution in [0.5, 0.6) is 0 Å². The van der Waals surface area contributed by atoms with E-state index in [2.05, 4.69) is 0 Å². The Morgan fingerprint density at radius 2 is 2.30 bits per heavy atom. The second kappa shape index (κ2) is 2.27. The molecule has 1 unspecified atom stereocenters. The Morgan fingerprint density at radius 3 is 2.50 bits per heavy atom. The number of hydrogen-bond acceptors (Lipinski definition) is 2. The molecule has 1 aliphatic heterocycles. The number of alkyl halides is 2. The maximum absolute atomic E-state index is 12.6. The van der Waals surface area contributed by atoms with E-state index in [9.17, 15) is 13.6 Å². The zero-order valence-electron chi connectivity index (χ0n) is 5.68. The maximum Gasteiger partial charge on any atom is 0.271 e. The van der Waals surface area contributed by atoms with Crippen LogP contribution in [0.15, 0.2) is 0 Å². The summed E-state index contributed by atoms with van der Waals surface area (Å²) in [7, 11) is 1.58. The van der Waals surface area contributed by atoms with Crippen LogP contribution in [-0.2, 0) is 4.79 Å². The van der Waals surface area contributed by atoms with Gasteiger partial charge in [-0.1, -0.05) is 0 Å². The quantitative estimate of drug-likeness (QED) is 0.502. The number of aldehydes is 1. The molecule has 1 fully saturated rings. The molecule has 0 bridgehead atoms. The van der Waals surface area contributed by atoms with Crippen LogP contribution in [0.3, 0.4) is 0 Å². The van der Waals surface area contributed by atoms with E-state index in [-0.39, 0.29) is 13.1 Å². The molecule has 10 heavy (non-hydrogen) atoms. The van der Waals surface area contributed by atoms with E-state index in [1.54, 1.807) is 7.05 Å². The van der Waals surface area contributed by atoms with Gasteiger partial charge in [0.05, 0.1) is 12.5 Å². The van der Waals surface area contributed by atoms with Gasteiger partial charge in [0.25, 0.3) is 5.92 Å². The Labute approximate surface area is 57.8 Å². The van der Waals surface area contributed by atoms with Gasteiger partial charge >= 0.3 is 0 Å². The molecule has 0 aromatic rings. The topological polar surface area (TPSA) is 20.3 Å². The number of hydrogen-bond donors (Lipinski definition) is 0. The fourth-order valence-corrected chi connectivity index (χ4v) is 1.15. The van der Waals surface area contributed by atoms with Crippen LogP contribution < -0.4 is 0 Å². The van der Waals surface area contributed by atoms with E-state index >= 15 is 0 Å². The number of carbonyl (C=O) groups is 1. The smallest absolute Gasteiger partial charge is 0.271 e. The highest BCUT2D eigenvalue weighted by atomic mass is 19.3. The van der Waals surface area contributed by atoms with Gasteiger partial charge in [-0.05, 0) is 7.05 Å². The predicted octanol–water partition coefficient (Wildman–Crippen LogP) is 0.382. The lowest BCUT2D eigenvalue weighted by Crippen LogP contribution is -2.27. The van der Waals surface area contributed by atoms with Crippen LogP contribution in [0, 0.1) is 5.92 Å². The van der Waals surface area contributed by atoms with Crippen molar-refractivity contribution in [1.29, 1.82) is 0 Å². The highest BCUT2D eigenvalue weighted by molar-refractivity contribution is 5.56. The number of nitrogens with zero attached hydrogens (tertiary/aromatic N) is 1. The molecule has 0 radical (unpaired) electrons. The standard InChI is InChI=1S/C6H9F2NO/c1-9-2-5(3-10)6(7,8)4-9/h3,5H,2,4H2,1H3. The van der Waals surface area contributed by atoms with Crippen LogP contribution in [-0.4, -0.2) is 37.2 Å². The summed E-state index contributed by atoms with van der Waals surface area (Å²) in [5, 5.41) is 0. The molecule has 0 amide bonds. The molecule has 0 aromatic carbocycles. The summed E-state index contributed by atoms with van der Waals surface area (Å²) in [6.45, 7) is -0.118. The van der Waals surface area contributed by atoms with Crippen LogP contribution in [0.4, 0.5) is 8.78 Å². The molecule has 58 valence electrons. The maximum atomic E-state index is 12.6. The van der Waals surface area contributed by atoms with Crippen molar-refractivity contribution in [1.82, 2.24) is 4.90 Å². The normalized spacial score (nSPS) is 32.5. The molecular weight excluding hydrogens is 140 g/mol. The predicted molar refractivity (Wildman–Crippen MR) is 32.0 cm³/mol. The minimum absolute atomic E-state index is 0.177. The summed E-state index contributed by atoms with van der Waals surface area (Å²) in [6.07, 6.45) is 0.337. The Bertz CT molecular complexity index is 149. The molecule has 0 N–H and O–H groups in total. The summed E-state index contributed by atoms with van der Waals surface area (Å²) < 4.78 is 25.2. The first-order valence-corrected chi connectivity index (χ1v) is 3.08. The van der Waals surface area contributed by atoms with Gasteiger partial charge in [-0.3, -0.25) is 4.90 Å². The van der Waals surface area contributed by atoms with Gasteiger partial charge in [0, 0.05) is 6.54 Å². The summed E-state index contributed by atoms with van der Waals surface area (Å²) in [6, 6.07) is 0. The molecule has 1 aliphatic rings. The number of halogens is 2. The second-order valence-electron chi connectivity index (χ2n) is 2.70. The first-order valence-electron chi connectivity index (χ1n) is 3.08. The zero-order chi connectivity index (χ0) is 7.78. The van der Waals surface area contributed by atoms with Crippen molar-refractivity contribution in [2.45, 2.75) is 5.92 Å². The monoisotopic (exact) mass is 149 g/mol. The zero-order valence-corrected chi connectivity index (χ0v) is 5.68. The minimum atomic E-state index is -2.81. The third kappa shape index (κ3) is 1.16. The third-order valence-electron chi connectivity index (χ3n) is 1.70. The van der Waals surface area contributed by atoms with E-state index in [0.717, 1.165) is 0 Å². The fourth-order valence-electron chi connectivity index (χ4n) is 1.15. The van der Waals surface area contributed by atoms with E-state index in [0.29, 0.717) is 6.29 Å². The first kappa shape index (κ1) is 7.60. The first-order chi connectivity index (χ1) is 4.56. The highest BCUT2D eigenvalue weighted by Gasteiger charge is 2.46. The van der Waals surface area contributed by atoms with Crippen molar-refractivity contribution in [2.75, 3.05) is 20.1 Å². The van der Waals surface area contributed by atoms with Gasteiger partial charge < -0.3 is 4.79 Å². The van der Waals surface area contributed by atoms with Gasteiger partial charge in [-0.15, -0.1) is 0 Å². The Kier molecular flexibility index (Phi) is 1.72. The average Bonchev–Trinajstić information content (AvgIpc) is 2.04. The lowest BCUT2D eigenvalue weighted by Gasteiger charge is -2.10. The Hall–Kier alpha value is -0.510. The summed E-state index contributed by atoms with van der Waals surface area (Å²) in [4.78, 5) is 11.5. The molecule has 0 aromatic heterocycles. The van der Waals surface area contributed by atoms with Gasteiger partial charge in [0.1, 0.15) is 6.29 Å². The largest absolute Gasteiger partial charge is 0.303 e. The Morgan fingerprint density at radius 1 is 1.70 bits per heavy atom. The van der Waals surface area contributed by atoms with Gasteiger partial charge in [-0.2, -0.15) is 0 Å². The van der Waals surface area contributed by atoms with Crippen molar-refractivity contribution < 1.29 is 13.6 Å². The average molecular weight is 149 g/mol. The summed E-state index contributed by atoms with van der Waals surface area (Å²) in [5.74, 6) is -3.91. The van der Waals surface area contributed by atoms with Crippen molar-refractivity contribution >= 4 is 6.29 Å². The second-order valence-corrected chi connectivity index (χ2v) is 2.70. The lowest BCUT2D eigenvalue weighted by molar-refractivity contribution is -0.119.